The van der Waals surface area contributed by atoms with Gasteiger partial charge in [-0.3, -0.25) is 0 Å². The van der Waals surface area contributed by atoms with Gasteiger partial charge in [0, 0.05) is 62.2 Å². The lowest BCUT2D eigenvalue weighted by Crippen LogP contribution is -2.30. The Kier molecular flexibility index (Phi) is 8.79. The van der Waals surface area contributed by atoms with Crippen LogP contribution in [0.3, 0.4) is 0 Å². The Labute approximate surface area is 227 Å². The summed E-state index contributed by atoms with van der Waals surface area (Å²) >= 11 is 0. The van der Waals surface area contributed by atoms with E-state index in [1.807, 2.05) is 7.05 Å². The second kappa shape index (κ2) is 12.4. The van der Waals surface area contributed by atoms with Crippen LogP contribution in [0.25, 0.3) is 0 Å². The Morgan fingerprint density at radius 2 is 1.18 bits per heavy atom. The van der Waals surface area contributed by atoms with Crippen LogP contribution in [0.2, 0.25) is 0 Å². The van der Waals surface area contributed by atoms with Gasteiger partial charge in [0.1, 0.15) is 11.6 Å². The molecule has 10 heteroatoms. The standard InChI is InChI=1S/2C14H23N5/c1-16-11-6-7-19(9-11)13-8-12(17-14(15)18-13)10-4-2-3-5-10;15-11-6-7-19(9-11)13-8-12(17-14(16)18-13)10-4-2-1-3-5-10/h8,10-11,16H,2-7,9H2,1H3,(H2,15,17,18);8,10-11H,1-7,9,15H2,(H2,16,17,18)/t;11-/m.0/s1. The molecule has 4 fully saturated rings. The van der Waals surface area contributed by atoms with Crippen LogP contribution in [0, 0.1) is 0 Å². The molecule has 2 saturated heterocycles. The van der Waals surface area contributed by atoms with Crippen molar-refractivity contribution >= 4 is 23.5 Å². The van der Waals surface area contributed by atoms with Crippen molar-refractivity contribution in [3.8, 4) is 0 Å². The first-order chi connectivity index (χ1) is 18.5. The molecule has 2 aliphatic carbocycles. The normalized spacial score (nSPS) is 24.6. The number of anilines is 4. The second-order valence-electron chi connectivity index (χ2n) is 11.5. The molecule has 0 bridgehead atoms. The lowest BCUT2D eigenvalue weighted by Gasteiger charge is -2.23. The molecule has 0 aromatic carbocycles. The number of rotatable bonds is 5. The van der Waals surface area contributed by atoms with E-state index in [-0.39, 0.29) is 6.04 Å². The van der Waals surface area contributed by atoms with Crippen molar-refractivity contribution in [1.29, 1.82) is 0 Å². The molecule has 0 spiro atoms. The lowest BCUT2D eigenvalue weighted by molar-refractivity contribution is 0.436. The molecule has 10 nitrogen and oxygen atoms in total. The molecule has 2 saturated carbocycles. The van der Waals surface area contributed by atoms with E-state index in [0.717, 1.165) is 55.6 Å². The SMILES string of the molecule is CNC1CCN(c2cc(C3CCCC3)nc(N)n2)C1.Nc1nc(C2CCCCC2)cc(N2CC[C@H](N)C2)n1. The molecule has 0 amide bonds. The number of hydrogen-bond donors (Lipinski definition) is 4. The zero-order chi connectivity index (χ0) is 26.5. The molecule has 208 valence electrons. The van der Waals surface area contributed by atoms with Crippen LogP contribution in [0.1, 0.15) is 93.9 Å². The molecular weight excluding hydrogens is 476 g/mol. The Bertz CT molecular complexity index is 1030. The summed E-state index contributed by atoms with van der Waals surface area (Å²) in [4.78, 5) is 22.3. The van der Waals surface area contributed by atoms with E-state index in [9.17, 15) is 0 Å². The average Bonchev–Trinajstić information content (AvgIpc) is 3.71. The van der Waals surface area contributed by atoms with E-state index in [4.69, 9.17) is 17.2 Å². The fraction of sp³-hybridized carbons (Fsp3) is 0.714. The first-order valence-electron chi connectivity index (χ1n) is 14.7. The molecular formula is C28H46N10. The summed E-state index contributed by atoms with van der Waals surface area (Å²) in [7, 11) is 2.02. The molecule has 4 heterocycles. The minimum absolute atomic E-state index is 0.259. The summed E-state index contributed by atoms with van der Waals surface area (Å²) in [5.74, 6) is 3.94. The summed E-state index contributed by atoms with van der Waals surface area (Å²) in [6.07, 6.45) is 13.7. The zero-order valence-electron chi connectivity index (χ0n) is 23.0. The van der Waals surface area contributed by atoms with E-state index < -0.39 is 0 Å². The molecule has 2 aliphatic heterocycles. The molecule has 4 aliphatic rings. The molecule has 2 atom stereocenters. The molecule has 0 radical (unpaired) electrons. The minimum atomic E-state index is 0.259. The summed E-state index contributed by atoms with van der Waals surface area (Å²) in [5.41, 5.74) is 20.0. The fourth-order valence-electron chi connectivity index (χ4n) is 6.50. The van der Waals surface area contributed by atoms with Gasteiger partial charge in [0.2, 0.25) is 11.9 Å². The van der Waals surface area contributed by atoms with E-state index in [2.05, 4.69) is 47.2 Å². The van der Waals surface area contributed by atoms with E-state index >= 15 is 0 Å². The Hall–Kier alpha value is -2.72. The van der Waals surface area contributed by atoms with Gasteiger partial charge in [-0.05, 0) is 45.6 Å². The molecule has 38 heavy (non-hydrogen) atoms. The fourth-order valence-corrected chi connectivity index (χ4v) is 6.50. The number of nitrogens with two attached hydrogens (primary N) is 3. The van der Waals surface area contributed by atoms with Gasteiger partial charge in [-0.2, -0.15) is 9.97 Å². The van der Waals surface area contributed by atoms with Crippen LogP contribution in [-0.4, -0.2) is 65.2 Å². The van der Waals surface area contributed by atoms with Gasteiger partial charge < -0.3 is 32.3 Å². The highest BCUT2D eigenvalue weighted by Gasteiger charge is 2.26. The van der Waals surface area contributed by atoms with Crippen LogP contribution < -0.4 is 32.3 Å². The molecule has 7 N–H and O–H groups in total. The Morgan fingerprint density at radius 3 is 1.66 bits per heavy atom. The van der Waals surface area contributed by atoms with E-state index in [0.29, 0.717) is 29.8 Å². The number of nitrogens with one attached hydrogen (secondary N) is 1. The summed E-state index contributed by atoms with van der Waals surface area (Å²) in [5, 5.41) is 3.33. The van der Waals surface area contributed by atoms with Gasteiger partial charge in [-0.15, -0.1) is 0 Å². The van der Waals surface area contributed by atoms with E-state index in [1.54, 1.807) is 0 Å². The molecule has 6 rings (SSSR count). The predicted octanol–water partition coefficient (Wildman–Crippen LogP) is 3.16. The number of likely N-dealkylation sites (N-methyl/N-ethyl adjacent to an activating group) is 1. The number of nitrogen functional groups attached to an aromatic ring is 2. The third-order valence-electron chi connectivity index (χ3n) is 8.77. The zero-order valence-corrected chi connectivity index (χ0v) is 23.0. The van der Waals surface area contributed by atoms with Gasteiger partial charge in [0.15, 0.2) is 0 Å². The lowest BCUT2D eigenvalue weighted by atomic mass is 9.87. The maximum atomic E-state index is 5.97. The summed E-state index contributed by atoms with van der Waals surface area (Å²) in [6.45, 7) is 3.91. The Balaban J connectivity index is 0.000000155. The minimum Gasteiger partial charge on any atom is -0.368 e. The van der Waals surface area contributed by atoms with Gasteiger partial charge in [0.05, 0.1) is 11.4 Å². The highest BCUT2D eigenvalue weighted by atomic mass is 15.3. The van der Waals surface area contributed by atoms with Crippen molar-refractivity contribution in [2.45, 2.75) is 94.5 Å². The van der Waals surface area contributed by atoms with Crippen LogP contribution in [0.4, 0.5) is 23.5 Å². The van der Waals surface area contributed by atoms with Crippen LogP contribution in [0.15, 0.2) is 12.1 Å². The number of hydrogen-bond acceptors (Lipinski definition) is 10. The van der Waals surface area contributed by atoms with Crippen molar-refractivity contribution < 1.29 is 0 Å². The first kappa shape index (κ1) is 26.9. The smallest absolute Gasteiger partial charge is 0.222 e. The highest BCUT2D eigenvalue weighted by molar-refractivity contribution is 5.46. The van der Waals surface area contributed by atoms with Gasteiger partial charge in [-0.1, -0.05) is 32.1 Å². The molecule has 2 aromatic rings. The summed E-state index contributed by atoms with van der Waals surface area (Å²) in [6, 6.07) is 5.11. The molecule has 2 aromatic heterocycles. The second-order valence-corrected chi connectivity index (χ2v) is 11.5. The van der Waals surface area contributed by atoms with Crippen molar-refractivity contribution in [3.63, 3.8) is 0 Å². The highest BCUT2D eigenvalue weighted by Crippen LogP contribution is 2.35. The first-order valence-corrected chi connectivity index (χ1v) is 14.7. The van der Waals surface area contributed by atoms with Gasteiger partial charge in [0.25, 0.3) is 0 Å². The van der Waals surface area contributed by atoms with Crippen molar-refractivity contribution in [3.05, 3.63) is 23.5 Å². The third kappa shape index (κ3) is 6.64. The number of aromatic nitrogens is 4. The van der Waals surface area contributed by atoms with Gasteiger partial charge >= 0.3 is 0 Å². The average molecular weight is 523 g/mol. The largest absolute Gasteiger partial charge is 0.368 e. The Morgan fingerprint density at radius 1 is 0.684 bits per heavy atom. The van der Waals surface area contributed by atoms with Crippen molar-refractivity contribution in [2.75, 3.05) is 54.5 Å². The van der Waals surface area contributed by atoms with Crippen LogP contribution in [-0.2, 0) is 0 Å². The number of nitrogens with zero attached hydrogens (tertiary/aromatic N) is 6. The summed E-state index contributed by atoms with van der Waals surface area (Å²) < 4.78 is 0. The maximum absolute atomic E-state index is 5.97. The third-order valence-corrected chi connectivity index (χ3v) is 8.77. The topological polar surface area (TPSA) is 148 Å². The monoisotopic (exact) mass is 522 g/mol. The van der Waals surface area contributed by atoms with Crippen molar-refractivity contribution in [1.82, 2.24) is 25.3 Å². The quantitative estimate of drug-likeness (QED) is 0.461. The van der Waals surface area contributed by atoms with Gasteiger partial charge in [-0.25, -0.2) is 9.97 Å². The van der Waals surface area contributed by atoms with Crippen LogP contribution >= 0.6 is 0 Å². The van der Waals surface area contributed by atoms with Crippen LogP contribution in [0.5, 0.6) is 0 Å². The van der Waals surface area contributed by atoms with Crippen molar-refractivity contribution in [2.24, 2.45) is 5.73 Å². The van der Waals surface area contributed by atoms with E-state index in [1.165, 1.54) is 64.2 Å². The maximum Gasteiger partial charge on any atom is 0.222 e. The predicted molar refractivity (Wildman–Crippen MR) is 154 cm³/mol. The molecule has 1 unspecified atom stereocenters.